The minimum absolute atomic E-state index is 0.133. The van der Waals surface area contributed by atoms with Crippen molar-refractivity contribution >= 4 is 17.8 Å². The third-order valence-corrected chi connectivity index (χ3v) is 5.75. The van der Waals surface area contributed by atoms with Gasteiger partial charge in [-0.25, -0.2) is 9.48 Å². The van der Waals surface area contributed by atoms with Gasteiger partial charge in [0, 0.05) is 12.6 Å². The number of amides is 3. The van der Waals surface area contributed by atoms with Crippen LogP contribution in [0.15, 0.2) is 54.6 Å². The van der Waals surface area contributed by atoms with E-state index in [4.69, 9.17) is 5.73 Å². The van der Waals surface area contributed by atoms with Crippen molar-refractivity contribution in [3.63, 3.8) is 0 Å². The van der Waals surface area contributed by atoms with Crippen LogP contribution in [0.1, 0.15) is 47.4 Å². The monoisotopic (exact) mass is 449 g/mol. The normalized spacial score (nSPS) is 16.1. The van der Waals surface area contributed by atoms with Gasteiger partial charge in [0.2, 0.25) is 0 Å². The second kappa shape index (κ2) is 9.87. The topological polar surface area (TPSA) is 122 Å². The molecule has 0 radical (unpaired) electrons. The van der Waals surface area contributed by atoms with Gasteiger partial charge >= 0.3 is 6.03 Å². The Morgan fingerprint density at radius 1 is 1.12 bits per heavy atom. The van der Waals surface area contributed by atoms with Crippen LogP contribution < -0.4 is 16.4 Å². The predicted molar refractivity (Wildman–Crippen MR) is 129 cm³/mol. The Hall–Kier alpha value is -3.65. The lowest BCUT2D eigenvalue weighted by molar-refractivity contribution is 0.0957. The Morgan fingerprint density at radius 2 is 1.76 bits per heavy atom. The molecule has 0 bridgehead atoms. The minimum Gasteiger partial charge on any atom is -0.393 e. The number of nitrogens with one attached hydrogen (secondary N) is 2. The molecular weight excluding hydrogens is 418 g/mol. The number of para-hydroxylation sites is 1. The summed E-state index contributed by atoms with van der Waals surface area (Å²) in [6.45, 7) is 6.10. The molecule has 1 heterocycles. The summed E-state index contributed by atoms with van der Waals surface area (Å²) in [5.74, 6) is 0.0481. The van der Waals surface area contributed by atoms with Gasteiger partial charge in [-0.3, -0.25) is 10.1 Å². The number of rotatable bonds is 3. The van der Waals surface area contributed by atoms with Crippen LogP contribution in [-0.2, 0) is 11.8 Å². The molecule has 0 fully saturated rings. The van der Waals surface area contributed by atoms with E-state index < -0.39 is 6.03 Å². The van der Waals surface area contributed by atoms with Crippen LogP contribution in [0.25, 0.3) is 5.69 Å². The summed E-state index contributed by atoms with van der Waals surface area (Å²) < 4.78 is 1.48. The highest BCUT2D eigenvalue weighted by Crippen LogP contribution is 2.36. The Bertz CT molecular complexity index is 1140. The molecule has 8 heteroatoms. The molecule has 0 spiro atoms. The van der Waals surface area contributed by atoms with Crippen molar-refractivity contribution in [1.82, 2.24) is 15.1 Å². The van der Waals surface area contributed by atoms with Gasteiger partial charge in [0.05, 0.1) is 11.8 Å². The van der Waals surface area contributed by atoms with E-state index in [9.17, 15) is 14.7 Å². The number of hydrogen-bond acceptors (Lipinski definition) is 4. The van der Waals surface area contributed by atoms with Gasteiger partial charge in [0.15, 0.2) is 5.69 Å². The fourth-order valence-corrected chi connectivity index (χ4v) is 4.23. The van der Waals surface area contributed by atoms with E-state index in [1.807, 2.05) is 36.4 Å². The molecule has 0 saturated heterocycles. The van der Waals surface area contributed by atoms with E-state index in [0.29, 0.717) is 11.4 Å². The summed E-state index contributed by atoms with van der Waals surface area (Å²) in [4.78, 5) is 22.9. The number of nitrogens with two attached hydrogens (primary N) is 1. The number of primary amides is 1. The number of carbonyl (C=O) groups excluding carboxylic acids is 2. The van der Waals surface area contributed by atoms with Crippen LogP contribution in [0.5, 0.6) is 0 Å². The fraction of sp³-hybridized carbons (Fsp3) is 0.320. The summed E-state index contributed by atoms with van der Waals surface area (Å²) in [6, 6.07) is 16.9. The average Bonchev–Trinajstić information content (AvgIpc) is 3.09. The molecule has 1 aliphatic carbocycles. The zero-order chi connectivity index (χ0) is 24.2. The van der Waals surface area contributed by atoms with E-state index >= 15 is 0 Å². The highest BCUT2D eigenvalue weighted by molar-refractivity contribution is 5.97. The minimum atomic E-state index is -0.714. The molecule has 1 unspecified atom stereocenters. The predicted octanol–water partition coefficient (Wildman–Crippen LogP) is 3.30. The maximum Gasteiger partial charge on any atom is 0.317 e. The molecule has 1 aliphatic rings. The molecule has 1 aromatic heterocycles. The number of hydrogen-bond donors (Lipinski definition) is 4. The first kappa shape index (κ1) is 24.0. The maximum atomic E-state index is 11.8. The lowest BCUT2D eigenvalue weighted by Crippen LogP contribution is -2.32. The molecule has 3 amide bonds. The van der Waals surface area contributed by atoms with E-state index in [1.165, 1.54) is 22.9 Å². The second-order valence-electron chi connectivity index (χ2n) is 8.74. The van der Waals surface area contributed by atoms with E-state index in [0.717, 1.165) is 18.5 Å². The molecule has 0 aliphatic heterocycles. The van der Waals surface area contributed by atoms with Gasteiger partial charge in [-0.05, 0) is 48.4 Å². The number of aliphatic hydroxyl groups excluding tert-OH is 1. The number of aromatic nitrogens is 2. The van der Waals surface area contributed by atoms with Crippen LogP contribution in [0.2, 0.25) is 0 Å². The van der Waals surface area contributed by atoms with Crippen molar-refractivity contribution < 1.29 is 14.7 Å². The molecule has 3 aromatic rings. The quantitative estimate of drug-likeness (QED) is 0.490. The number of nitrogens with zero attached hydrogens (tertiary/aromatic N) is 2. The zero-order valence-electron chi connectivity index (χ0n) is 19.4. The number of carbonyl (C=O) groups is 2. The maximum absolute atomic E-state index is 11.8. The fourth-order valence-electron chi connectivity index (χ4n) is 4.23. The number of benzene rings is 2. The summed E-state index contributed by atoms with van der Waals surface area (Å²) in [5, 5.41) is 18.9. The Labute approximate surface area is 193 Å². The first-order valence-electron chi connectivity index (χ1n) is 10.8. The van der Waals surface area contributed by atoms with Crippen molar-refractivity contribution in [3.05, 3.63) is 77.0 Å². The molecule has 1 atom stereocenters. The molecule has 174 valence electrons. The first-order chi connectivity index (χ1) is 15.6. The lowest BCUT2D eigenvalue weighted by atomic mass is 9.72. The molecule has 4 rings (SSSR count). The molecular formula is C25H31N5O3. The van der Waals surface area contributed by atoms with Crippen LogP contribution in [0.3, 0.4) is 0 Å². The van der Waals surface area contributed by atoms with E-state index in [2.05, 4.69) is 47.8 Å². The Kier molecular flexibility index (Phi) is 7.18. The summed E-state index contributed by atoms with van der Waals surface area (Å²) in [6.07, 6.45) is 1.54. The first-order valence-corrected chi connectivity index (χ1v) is 10.8. The van der Waals surface area contributed by atoms with Gasteiger partial charge < -0.3 is 16.2 Å². The van der Waals surface area contributed by atoms with Gasteiger partial charge in [0.25, 0.3) is 5.91 Å². The highest BCUT2D eigenvalue weighted by atomic mass is 16.3. The average molecular weight is 450 g/mol. The van der Waals surface area contributed by atoms with Gasteiger partial charge in [0.1, 0.15) is 5.82 Å². The molecule has 5 N–H and O–H groups in total. The second-order valence-corrected chi connectivity index (χ2v) is 8.74. The van der Waals surface area contributed by atoms with E-state index in [1.54, 1.807) is 6.92 Å². The molecule has 2 aromatic carbocycles. The number of anilines is 1. The lowest BCUT2D eigenvalue weighted by Gasteiger charge is -2.35. The number of urea groups is 1. The van der Waals surface area contributed by atoms with Crippen LogP contribution in [0.4, 0.5) is 10.6 Å². The van der Waals surface area contributed by atoms with Gasteiger partial charge in [-0.2, -0.15) is 5.10 Å². The SMILES string of the molecule is CC1(C)CC(O)Cc2ccccc21.CNC(=O)c1nn(-c2ccccc2)c(NC(N)=O)c1C. The summed E-state index contributed by atoms with van der Waals surface area (Å²) in [7, 11) is 1.52. The van der Waals surface area contributed by atoms with Gasteiger partial charge in [-0.15, -0.1) is 0 Å². The van der Waals surface area contributed by atoms with Crippen LogP contribution >= 0.6 is 0 Å². The Morgan fingerprint density at radius 3 is 2.39 bits per heavy atom. The molecule has 33 heavy (non-hydrogen) atoms. The number of aliphatic hydroxyl groups is 1. The smallest absolute Gasteiger partial charge is 0.317 e. The molecule has 8 nitrogen and oxygen atoms in total. The van der Waals surface area contributed by atoms with Crippen LogP contribution in [-0.4, -0.2) is 40.0 Å². The summed E-state index contributed by atoms with van der Waals surface area (Å²) >= 11 is 0. The molecule has 0 saturated carbocycles. The number of fused-ring (bicyclic) bond motifs is 1. The van der Waals surface area contributed by atoms with Crippen molar-refractivity contribution in [2.45, 2.75) is 45.1 Å². The van der Waals surface area contributed by atoms with Crippen molar-refractivity contribution in [3.8, 4) is 5.69 Å². The van der Waals surface area contributed by atoms with Gasteiger partial charge in [-0.1, -0.05) is 56.3 Å². The highest BCUT2D eigenvalue weighted by Gasteiger charge is 2.31. The van der Waals surface area contributed by atoms with E-state index in [-0.39, 0.29) is 23.1 Å². The van der Waals surface area contributed by atoms with Crippen molar-refractivity contribution in [2.24, 2.45) is 5.73 Å². The largest absolute Gasteiger partial charge is 0.393 e. The Balaban J connectivity index is 0.000000203. The third kappa shape index (κ3) is 5.40. The summed E-state index contributed by atoms with van der Waals surface area (Å²) in [5.41, 5.74) is 9.52. The van der Waals surface area contributed by atoms with Crippen LogP contribution in [0, 0.1) is 6.92 Å². The third-order valence-electron chi connectivity index (χ3n) is 5.75. The van der Waals surface area contributed by atoms with Crippen molar-refractivity contribution in [2.75, 3.05) is 12.4 Å². The van der Waals surface area contributed by atoms with Crippen molar-refractivity contribution in [1.29, 1.82) is 0 Å². The standard InChI is InChI=1S/C13H15N5O2.C12H16O/c1-8-10(12(19)15-2)17-18(11(8)16-13(14)20)9-6-4-3-5-7-9;1-12(2)8-10(13)7-9-5-3-4-6-11(9)12/h3-7H,1-2H3,(H,15,19)(H3,14,16,20);3-6,10,13H,7-8H2,1-2H3. The zero-order valence-corrected chi connectivity index (χ0v) is 19.4.